The van der Waals surface area contributed by atoms with Gasteiger partial charge in [-0.05, 0) is 43.4 Å². The molecule has 3 aromatic rings. The van der Waals surface area contributed by atoms with Gasteiger partial charge in [-0.3, -0.25) is 4.79 Å². The minimum Gasteiger partial charge on any atom is -0.491 e. The van der Waals surface area contributed by atoms with Crippen molar-refractivity contribution < 1.29 is 4.74 Å². The standard InChI is InChI=1S/C19H21ClN2O2/c1-3-22(4-2)10-11-24-17-7-5-6-15-18(17)19(23)14-9-8-13(20)12-16(14)21-15/h5-9,12H,3-4,10-11H2,1-2H3,(H,21,23). The molecule has 0 amide bonds. The molecule has 0 fully saturated rings. The highest BCUT2D eigenvalue weighted by atomic mass is 35.5. The van der Waals surface area contributed by atoms with E-state index in [1.165, 1.54) is 0 Å². The SMILES string of the molecule is CCN(CC)CCOc1cccc2[nH]c3cc(Cl)ccc3c(=O)c12. The number of benzene rings is 2. The molecule has 0 saturated heterocycles. The molecule has 0 atom stereocenters. The second-order valence-electron chi connectivity index (χ2n) is 5.70. The van der Waals surface area contributed by atoms with Crippen LogP contribution in [-0.4, -0.2) is 36.1 Å². The van der Waals surface area contributed by atoms with Crippen LogP contribution in [-0.2, 0) is 0 Å². The predicted octanol–water partition coefficient (Wildman–Crippen LogP) is 4.06. The van der Waals surface area contributed by atoms with Gasteiger partial charge in [0.25, 0.3) is 0 Å². The Morgan fingerprint density at radius 1 is 1.12 bits per heavy atom. The van der Waals surface area contributed by atoms with E-state index in [0.717, 1.165) is 30.7 Å². The lowest BCUT2D eigenvalue weighted by molar-refractivity contribution is 0.224. The Bertz CT molecular complexity index is 916. The summed E-state index contributed by atoms with van der Waals surface area (Å²) in [6.07, 6.45) is 0. The summed E-state index contributed by atoms with van der Waals surface area (Å²) < 4.78 is 5.92. The molecule has 0 unspecified atom stereocenters. The monoisotopic (exact) mass is 344 g/mol. The molecular weight excluding hydrogens is 324 g/mol. The molecule has 1 aromatic heterocycles. The summed E-state index contributed by atoms with van der Waals surface area (Å²) in [5.41, 5.74) is 1.46. The first-order valence-corrected chi connectivity index (χ1v) is 8.61. The molecule has 126 valence electrons. The van der Waals surface area contributed by atoms with Crippen molar-refractivity contribution in [1.82, 2.24) is 9.88 Å². The average Bonchev–Trinajstić information content (AvgIpc) is 2.58. The Balaban J connectivity index is 2.00. The van der Waals surface area contributed by atoms with E-state index in [2.05, 4.69) is 23.7 Å². The van der Waals surface area contributed by atoms with Crippen LogP contribution in [0.2, 0.25) is 5.02 Å². The van der Waals surface area contributed by atoms with Crippen molar-refractivity contribution in [3.05, 3.63) is 51.6 Å². The molecule has 1 N–H and O–H groups in total. The largest absolute Gasteiger partial charge is 0.491 e. The van der Waals surface area contributed by atoms with Gasteiger partial charge in [-0.1, -0.05) is 31.5 Å². The van der Waals surface area contributed by atoms with Crippen LogP contribution in [0, 0.1) is 0 Å². The van der Waals surface area contributed by atoms with E-state index in [1.54, 1.807) is 18.2 Å². The van der Waals surface area contributed by atoms with Crippen LogP contribution in [0.5, 0.6) is 5.75 Å². The first-order valence-electron chi connectivity index (χ1n) is 8.23. The molecule has 0 radical (unpaired) electrons. The van der Waals surface area contributed by atoms with Crippen molar-refractivity contribution in [2.24, 2.45) is 0 Å². The van der Waals surface area contributed by atoms with Gasteiger partial charge in [0.15, 0.2) is 0 Å². The fraction of sp³-hybridized carbons (Fsp3) is 0.316. The van der Waals surface area contributed by atoms with Gasteiger partial charge < -0.3 is 14.6 Å². The maximum Gasteiger partial charge on any atom is 0.200 e. The molecule has 0 aliphatic carbocycles. The number of ether oxygens (including phenoxy) is 1. The number of halogens is 1. The van der Waals surface area contributed by atoms with Gasteiger partial charge in [0.2, 0.25) is 5.43 Å². The molecule has 1 heterocycles. The number of H-pyrrole nitrogens is 1. The number of fused-ring (bicyclic) bond motifs is 2. The zero-order chi connectivity index (χ0) is 17.1. The summed E-state index contributed by atoms with van der Waals surface area (Å²) in [6, 6.07) is 10.9. The van der Waals surface area contributed by atoms with E-state index >= 15 is 0 Å². The van der Waals surface area contributed by atoms with Crippen molar-refractivity contribution >= 4 is 33.4 Å². The summed E-state index contributed by atoms with van der Waals surface area (Å²) in [4.78, 5) is 18.4. The number of hydrogen-bond acceptors (Lipinski definition) is 3. The molecule has 0 aliphatic rings. The van der Waals surface area contributed by atoms with Crippen molar-refractivity contribution in [2.45, 2.75) is 13.8 Å². The van der Waals surface area contributed by atoms with Crippen molar-refractivity contribution in [3.8, 4) is 5.75 Å². The molecule has 0 aliphatic heterocycles. The van der Waals surface area contributed by atoms with E-state index in [-0.39, 0.29) is 5.43 Å². The van der Waals surface area contributed by atoms with E-state index in [0.29, 0.717) is 28.2 Å². The van der Waals surface area contributed by atoms with Gasteiger partial charge in [-0.2, -0.15) is 0 Å². The average molecular weight is 345 g/mol. The van der Waals surface area contributed by atoms with Gasteiger partial charge in [0.1, 0.15) is 12.4 Å². The normalized spacial score (nSPS) is 11.5. The van der Waals surface area contributed by atoms with Crippen molar-refractivity contribution in [3.63, 3.8) is 0 Å². The molecule has 0 spiro atoms. The fourth-order valence-corrected chi connectivity index (χ4v) is 3.08. The maximum atomic E-state index is 12.9. The number of nitrogens with zero attached hydrogens (tertiary/aromatic N) is 1. The van der Waals surface area contributed by atoms with Crippen molar-refractivity contribution in [2.75, 3.05) is 26.2 Å². The molecule has 0 saturated carbocycles. The zero-order valence-corrected chi connectivity index (χ0v) is 14.7. The summed E-state index contributed by atoms with van der Waals surface area (Å²) in [7, 11) is 0. The van der Waals surface area contributed by atoms with Crippen molar-refractivity contribution in [1.29, 1.82) is 0 Å². The highest BCUT2D eigenvalue weighted by Crippen LogP contribution is 2.25. The Morgan fingerprint density at radius 3 is 2.67 bits per heavy atom. The number of rotatable bonds is 6. The van der Waals surface area contributed by atoms with Crippen LogP contribution in [0.25, 0.3) is 21.8 Å². The van der Waals surface area contributed by atoms with Gasteiger partial charge in [0, 0.05) is 17.0 Å². The molecule has 5 heteroatoms. The summed E-state index contributed by atoms with van der Waals surface area (Å²) >= 11 is 6.03. The fourth-order valence-electron chi connectivity index (χ4n) is 2.91. The van der Waals surface area contributed by atoms with Crippen LogP contribution in [0.15, 0.2) is 41.2 Å². The number of pyridine rings is 1. The van der Waals surface area contributed by atoms with E-state index in [4.69, 9.17) is 16.3 Å². The third-order valence-electron chi connectivity index (χ3n) is 4.31. The van der Waals surface area contributed by atoms with Gasteiger partial charge in [0.05, 0.1) is 16.4 Å². The number of aromatic nitrogens is 1. The second-order valence-corrected chi connectivity index (χ2v) is 6.13. The van der Waals surface area contributed by atoms with Crippen LogP contribution < -0.4 is 10.2 Å². The van der Waals surface area contributed by atoms with Gasteiger partial charge in [-0.25, -0.2) is 0 Å². The van der Waals surface area contributed by atoms with Gasteiger partial charge >= 0.3 is 0 Å². The molecule has 4 nitrogen and oxygen atoms in total. The number of nitrogens with one attached hydrogen (secondary N) is 1. The molecule has 24 heavy (non-hydrogen) atoms. The zero-order valence-electron chi connectivity index (χ0n) is 13.9. The quantitative estimate of drug-likeness (QED) is 0.686. The minimum absolute atomic E-state index is 0.0335. The molecule has 2 aromatic carbocycles. The first kappa shape index (κ1) is 16.8. The van der Waals surface area contributed by atoms with E-state index in [1.807, 2.05) is 18.2 Å². The molecular formula is C19H21ClN2O2. The summed E-state index contributed by atoms with van der Waals surface area (Å²) in [5.74, 6) is 0.623. The maximum absolute atomic E-state index is 12.9. The Morgan fingerprint density at radius 2 is 1.92 bits per heavy atom. The lowest BCUT2D eigenvalue weighted by Gasteiger charge is -2.18. The van der Waals surface area contributed by atoms with Gasteiger partial charge in [-0.15, -0.1) is 0 Å². The Kier molecular flexibility index (Phi) is 5.07. The third kappa shape index (κ3) is 3.25. The third-order valence-corrected chi connectivity index (χ3v) is 4.54. The van der Waals surface area contributed by atoms with E-state index in [9.17, 15) is 4.79 Å². The predicted molar refractivity (Wildman–Crippen MR) is 100 cm³/mol. The van der Waals surface area contributed by atoms with Crippen LogP contribution in [0.4, 0.5) is 0 Å². The minimum atomic E-state index is -0.0335. The smallest absolute Gasteiger partial charge is 0.200 e. The number of likely N-dealkylation sites (N-methyl/N-ethyl adjacent to an activating group) is 1. The number of hydrogen-bond donors (Lipinski definition) is 1. The Labute approximate surface area is 146 Å². The lowest BCUT2D eigenvalue weighted by Crippen LogP contribution is -2.28. The first-order chi connectivity index (χ1) is 11.6. The van der Waals surface area contributed by atoms with Crippen LogP contribution in [0.3, 0.4) is 0 Å². The summed E-state index contributed by atoms with van der Waals surface area (Å²) in [6.45, 7) is 7.62. The summed E-state index contributed by atoms with van der Waals surface area (Å²) in [5, 5.41) is 1.81. The topological polar surface area (TPSA) is 45.3 Å². The second kappa shape index (κ2) is 7.24. The highest BCUT2D eigenvalue weighted by molar-refractivity contribution is 6.31. The lowest BCUT2D eigenvalue weighted by atomic mass is 10.1. The molecule has 0 bridgehead atoms. The number of aromatic amines is 1. The highest BCUT2D eigenvalue weighted by Gasteiger charge is 2.11. The Hall–Kier alpha value is -2.04. The van der Waals surface area contributed by atoms with E-state index < -0.39 is 0 Å². The van der Waals surface area contributed by atoms with Crippen LogP contribution in [0.1, 0.15) is 13.8 Å². The molecule has 3 rings (SSSR count). The van der Waals surface area contributed by atoms with Crippen LogP contribution >= 0.6 is 11.6 Å².